The topological polar surface area (TPSA) is 75.6 Å². The molecule has 0 bridgehead atoms. The molecule has 16 heavy (non-hydrogen) atoms. The average molecular weight is 231 g/mol. The molecule has 0 aromatic rings. The summed E-state index contributed by atoms with van der Waals surface area (Å²) in [6, 6.07) is -0.769. The maximum absolute atomic E-state index is 11.3. The molecule has 2 N–H and O–H groups in total. The van der Waals surface area contributed by atoms with Gasteiger partial charge in [0.25, 0.3) is 0 Å². The SMILES string of the molecule is CCCCC(NC(=O)CCOCC)C(=O)O. The van der Waals surface area contributed by atoms with E-state index in [0.717, 1.165) is 12.8 Å². The maximum atomic E-state index is 11.3. The quantitative estimate of drug-likeness (QED) is 0.584. The van der Waals surface area contributed by atoms with Crippen molar-refractivity contribution in [2.45, 2.75) is 45.6 Å². The zero-order valence-corrected chi connectivity index (χ0v) is 9.99. The van der Waals surface area contributed by atoms with Crippen LogP contribution in [0.2, 0.25) is 0 Å². The number of amides is 1. The van der Waals surface area contributed by atoms with Gasteiger partial charge in [0.2, 0.25) is 5.91 Å². The van der Waals surface area contributed by atoms with E-state index in [2.05, 4.69) is 5.32 Å². The summed E-state index contributed by atoms with van der Waals surface area (Å²) in [5.41, 5.74) is 0. The van der Waals surface area contributed by atoms with E-state index in [1.165, 1.54) is 0 Å². The van der Waals surface area contributed by atoms with Gasteiger partial charge in [-0.15, -0.1) is 0 Å². The molecule has 0 aromatic heterocycles. The van der Waals surface area contributed by atoms with Crippen molar-refractivity contribution in [2.75, 3.05) is 13.2 Å². The summed E-state index contributed by atoms with van der Waals surface area (Å²) in [7, 11) is 0. The molecule has 0 aromatic carbocycles. The van der Waals surface area contributed by atoms with Gasteiger partial charge in [0.15, 0.2) is 0 Å². The Morgan fingerprint density at radius 2 is 2.06 bits per heavy atom. The number of rotatable bonds is 9. The number of nitrogens with one attached hydrogen (secondary N) is 1. The number of hydrogen-bond donors (Lipinski definition) is 2. The van der Waals surface area contributed by atoms with E-state index in [4.69, 9.17) is 9.84 Å². The van der Waals surface area contributed by atoms with Gasteiger partial charge in [0.1, 0.15) is 6.04 Å². The van der Waals surface area contributed by atoms with E-state index in [1.807, 2.05) is 13.8 Å². The van der Waals surface area contributed by atoms with Gasteiger partial charge in [-0.25, -0.2) is 4.79 Å². The molecular formula is C11H21NO4. The monoisotopic (exact) mass is 231 g/mol. The molecular weight excluding hydrogens is 210 g/mol. The summed E-state index contributed by atoms with van der Waals surface area (Å²) in [5, 5.41) is 11.4. The molecule has 0 aliphatic rings. The third-order valence-corrected chi connectivity index (χ3v) is 2.16. The van der Waals surface area contributed by atoms with Crippen LogP contribution in [0.25, 0.3) is 0 Å². The van der Waals surface area contributed by atoms with Gasteiger partial charge in [-0.1, -0.05) is 19.8 Å². The Labute approximate surface area is 96.2 Å². The van der Waals surface area contributed by atoms with Crippen molar-refractivity contribution in [1.82, 2.24) is 5.32 Å². The zero-order chi connectivity index (χ0) is 12.4. The van der Waals surface area contributed by atoms with Crippen LogP contribution in [0.4, 0.5) is 0 Å². The molecule has 0 spiro atoms. The molecule has 0 fully saturated rings. The van der Waals surface area contributed by atoms with Crippen molar-refractivity contribution < 1.29 is 19.4 Å². The van der Waals surface area contributed by atoms with Crippen LogP contribution >= 0.6 is 0 Å². The van der Waals surface area contributed by atoms with Gasteiger partial charge in [-0.3, -0.25) is 4.79 Å². The minimum atomic E-state index is -0.974. The highest BCUT2D eigenvalue weighted by molar-refractivity contribution is 5.83. The third-order valence-electron chi connectivity index (χ3n) is 2.16. The average Bonchev–Trinajstić information content (AvgIpc) is 2.24. The van der Waals surface area contributed by atoms with Crippen LogP contribution in [0, 0.1) is 0 Å². The predicted octanol–water partition coefficient (Wildman–Crippen LogP) is 1.17. The van der Waals surface area contributed by atoms with E-state index in [0.29, 0.717) is 19.6 Å². The summed E-state index contributed by atoms with van der Waals surface area (Å²) < 4.78 is 5.02. The van der Waals surface area contributed by atoms with E-state index in [1.54, 1.807) is 0 Å². The summed E-state index contributed by atoms with van der Waals surface area (Å²) in [5.74, 6) is -1.24. The Kier molecular flexibility index (Phi) is 8.52. The van der Waals surface area contributed by atoms with Crippen molar-refractivity contribution in [3.8, 4) is 0 Å². The van der Waals surface area contributed by atoms with Crippen molar-refractivity contribution in [2.24, 2.45) is 0 Å². The van der Waals surface area contributed by atoms with E-state index in [9.17, 15) is 9.59 Å². The Morgan fingerprint density at radius 3 is 2.56 bits per heavy atom. The van der Waals surface area contributed by atoms with Crippen molar-refractivity contribution in [3.05, 3.63) is 0 Å². The first-order chi connectivity index (χ1) is 7.61. The minimum absolute atomic E-state index is 0.212. The van der Waals surface area contributed by atoms with Crippen LogP contribution in [0.1, 0.15) is 39.5 Å². The third kappa shape index (κ3) is 7.23. The standard InChI is InChI=1S/C11H21NO4/c1-3-5-6-9(11(14)15)12-10(13)7-8-16-4-2/h9H,3-8H2,1-2H3,(H,12,13)(H,14,15). The normalized spacial score (nSPS) is 12.1. The zero-order valence-electron chi connectivity index (χ0n) is 9.99. The number of carbonyl (C=O) groups is 2. The Morgan fingerprint density at radius 1 is 1.38 bits per heavy atom. The molecule has 94 valence electrons. The second kappa shape index (κ2) is 9.15. The van der Waals surface area contributed by atoms with Crippen molar-refractivity contribution in [3.63, 3.8) is 0 Å². The highest BCUT2D eigenvalue weighted by Crippen LogP contribution is 2.01. The van der Waals surface area contributed by atoms with E-state index >= 15 is 0 Å². The van der Waals surface area contributed by atoms with Crippen LogP contribution in [-0.4, -0.2) is 36.2 Å². The van der Waals surface area contributed by atoms with Crippen LogP contribution in [0.3, 0.4) is 0 Å². The first kappa shape index (κ1) is 14.9. The van der Waals surface area contributed by atoms with Gasteiger partial charge < -0.3 is 15.2 Å². The van der Waals surface area contributed by atoms with Gasteiger partial charge >= 0.3 is 5.97 Å². The molecule has 0 rings (SSSR count). The number of unbranched alkanes of at least 4 members (excludes halogenated alkanes) is 1. The van der Waals surface area contributed by atoms with Crippen LogP contribution < -0.4 is 5.32 Å². The Balaban J connectivity index is 3.88. The van der Waals surface area contributed by atoms with Gasteiger partial charge in [0, 0.05) is 13.0 Å². The molecule has 0 saturated heterocycles. The second-order valence-corrected chi connectivity index (χ2v) is 3.55. The van der Waals surface area contributed by atoms with Gasteiger partial charge in [-0.05, 0) is 13.3 Å². The van der Waals surface area contributed by atoms with Crippen LogP contribution in [0.5, 0.6) is 0 Å². The fourth-order valence-electron chi connectivity index (χ4n) is 1.24. The molecule has 5 heteroatoms. The smallest absolute Gasteiger partial charge is 0.326 e. The fourth-order valence-corrected chi connectivity index (χ4v) is 1.24. The molecule has 5 nitrogen and oxygen atoms in total. The molecule has 0 saturated carbocycles. The van der Waals surface area contributed by atoms with E-state index < -0.39 is 12.0 Å². The van der Waals surface area contributed by atoms with Gasteiger partial charge in [-0.2, -0.15) is 0 Å². The van der Waals surface area contributed by atoms with Crippen LogP contribution in [-0.2, 0) is 14.3 Å². The Bertz CT molecular complexity index is 218. The molecule has 1 unspecified atom stereocenters. The van der Waals surface area contributed by atoms with Crippen LogP contribution in [0.15, 0.2) is 0 Å². The first-order valence-corrected chi connectivity index (χ1v) is 5.71. The minimum Gasteiger partial charge on any atom is -0.480 e. The highest BCUT2D eigenvalue weighted by Gasteiger charge is 2.18. The lowest BCUT2D eigenvalue weighted by Crippen LogP contribution is -2.41. The molecule has 0 heterocycles. The number of carbonyl (C=O) groups excluding carboxylic acids is 1. The Hall–Kier alpha value is -1.10. The number of aliphatic carboxylic acids is 1. The maximum Gasteiger partial charge on any atom is 0.326 e. The fraction of sp³-hybridized carbons (Fsp3) is 0.818. The molecule has 0 radical (unpaired) electrons. The molecule has 0 aliphatic heterocycles. The first-order valence-electron chi connectivity index (χ1n) is 5.71. The molecule has 1 amide bonds. The number of carboxylic acids is 1. The number of hydrogen-bond acceptors (Lipinski definition) is 3. The summed E-state index contributed by atoms with van der Waals surface area (Å²) >= 11 is 0. The predicted molar refractivity (Wildman–Crippen MR) is 60.2 cm³/mol. The lowest BCUT2D eigenvalue weighted by Gasteiger charge is -2.13. The molecule has 1 atom stereocenters. The summed E-state index contributed by atoms with van der Waals surface area (Å²) in [6.07, 6.45) is 2.40. The number of ether oxygens (including phenoxy) is 1. The molecule has 0 aliphatic carbocycles. The second-order valence-electron chi connectivity index (χ2n) is 3.55. The van der Waals surface area contributed by atoms with E-state index in [-0.39, 0.29) is 12.3 Å². The number of carboxylic acid groups (broad SMARTS) is 1. The van der Waals surface area contributed by atoms with Crippen molar-refractivity contribution in [1.29, 1.82) is 0 Å². The highest BCUT2D eigenvalue weighted by atomic mass is 16.5. The lowest BCUT2D eigenvalue weighted by atomic mass is 10.1. The largest absolute Gasteiger partial charge is 0.480 e. The lowest BCUT2D eigenvalue weighted by molar-refractivity contribution is -0.142. The summed E-state index contributed by atoms with van der Waals surface area (Å²) in [6.45, 7) is 4.73. The summed E-state index contributed by atoms with van der Waals surface area (Å²) in [4.78, 5) is 22.2. The van der Waals surface area contributed by atoms with Crippen molar-refractivity contribution >= 4 is 11.9 Å². The van der Waals surface area contributed by atoms with Gasteiger partial charge in [0.05, 0.1) is 6.61 Å².